The van der Waals surface area contributed by atoms with Gasteiger partial charge in [-0.1, -0.05) is 78.9 Å². The minimum absolute atomic E-state index is 0.00914. The number of rotatable bonds is 3. The summed E-state index contributed by atoms with van der Waals surface area (Å²) in [6.07, 6.45) is 0. The molecule has 0 fully saturated rings. The minimum Gasteiger partial charge on any atom is -0.457 e. The van der Waals surface area contributed by atoms with Crippen LogP contribution in [0.15, 0.2) is 91.0 Å². The average molecular weight is 651 g/mol. The molecule has 1 aliphatic heterocycles. The first-order valence-corrected chi connectivity index (χ1v) is 18.0. The number of benzene rings is 7. The molecule has 8 rings (SSSR count). The molecule has 0 aliphatic carbocycles. The van der Waals surface area contributed by atoms with Crippen molar-refractivity contribution >= 4 is 21.5 Å². The van der Waals surface area contributed by atoms with Gasteiger partial charge >= 0.3 is 0 Å². The minimum atomic E-state index is 0.00914. The van der Waals surface area contributed by atoms with Crippen molar-refractivity contribution in [1.29, 1.82) is 0 Å². The third-order valence-electron chi connectivity index (χ3n) is 12.3. The molecule has 0 N–H and O–H groups in total. The summed E-state index contributed by atoms with van der Waals surface area (Å²) >= 11 is 0. The van der Waals surface area contributed by atoms with Gasteiger partial charge < -0.3 is 4.74 Å². The molecular formula is C49H46O. The summed E-state index contributed by atoms with van der Waals surface area (Å²) in [5, 5.41) is 5.44. The van der Waals surface area contributed by atoms with Crippen molar-refractivity contribution < 1.29 is 4.74 Å². The first-order valence-electron chi connectivity index (χ1n) is 18.0. The molecule has 1 heteroatoms. The molecule has 248 valence electrons. The zero-order valence-corrected chi connectivity index (χ0v) is 31.1. The first kappa shape index (κ1) is 32.1. The van der Waals surface area contributed by atoms with Gasteiger partial charge in [-0.25, -0.2) is 0 Å². The van der Waals surface area contributed by atoms with Crippen LogP contribution in [-0.2, 0) is 0 Å². The van der Waals surface area contributed by atoms with E-state index in [1.54, 1.807) is 0 Å². The quantitative estimate of drug-likeness (QED) is 0.185. The molecule has 0 saturated carbocycles. The van der Waals surface area contributed by atoms with E-state index in [1.165, 1.54) is 116 Å². The normalized spacial score (nSPS) is 12.7. The smallest absolute Gasteiger partial charge is 0.132 e. The second-order valence-electron chi connectivity index (χ2n) is 14.8. The maximum Gasteiger partial charge on any atom is 0.132 e. The van der Waals surface area contributed by atoms with Gasteiger partial charge in [0.2, 0.25) is 0 Å². The van der Waals surface area contributed by atoms with E-state index in [0.717, 1.165) is 11.5 Å². The molecule has 0 spiro atoms. The van der Waals surface area contributed by atoms with Gasteiger partial charge in [-0.3, -0.25) is 0 Å². The Kier molecular flexibility index (Phi) is 7.53. The van der Waals surface area contributed by atoms with E-state index in [4.69, 9.17) is 4.74 Å². The Balaban J connectivity index is 1.40. The summed E-state index contributed by atoms with van der Waals surface area (Å²) < 4.78 is 7.08. The van der Waals surface area contributed by atoms with E-state index in [2.05, 4.69) is 160 Å². The van der Waals surface area contributed by atoms with Crippen LogP contribution in [0.3, 0.4) is 0 Å². The number of fused-ring (bicyclic) bond motifs is 6. The number of ether oxygens (including phenoxy) is 1. The van der Waals surface area contributed by atoms with Crippen molar-refractivity contribution in [2.45, 2.75) is 75.2 Å². The highest BCUT2D eigenvalue weighted by molar-refractivity contribution is 6.03. The van der Waals surface area contributed by atoms with Gasteiger partial charge in [0, 0.05) is 17.0 Å². The van der Waals surface area contributed by atoms with Crippen LogP contribution in [0.5, 0.6) is 11.5 Å². The SMILES string of the molecule is Cc1c(C)c(C)c2c3c(cc(C)c2c1C)Oc1cc(C)c2c(C)c(C)c(C)c(C)c2c1C3c1ccc(-c2ccc(-c3ccccc3)cc2)cc1. The summed E-state index contributed by atoms with van der Waals surface area (Å²) in [6, 6.07) is 33.5. The Morgan fingerprint density at radius 2 is 0.700 bits per heavy atom. The summed E-state index contributed by atoms with van der Waals surface area (Å²) in [5.41, 5.74) is 22.3. The Labute approximate surface area is 297 Å². The molecule has 1 aliphatic rings. The van der Waals surface area contributed by atoms with Crippen LogP contribution in [0.25, 0.3) is 43.8 Å². The standard InChI is InChI=1S/C49H46O/c1-26-24-41-48(45-34(9)30(5)28(3)32(7)43(26)45)47(49-42(50-41)25-27(2)44-33(8)29(4)31(6)35(10)46(44)49)40-22-20-39(21-23-40)38-18-16-37(17-19-38)36-14-12-11-13-15-36/h11-25,47H,1-10H3. The van der Waals surface area contributed by atoms with Crippen LogP contribution in [0.2, 0.25) is 0 Å². The van der Waals surface area contributed by atoms with Crippen molar-refractivity contribution in [2.24, 2.45) is 0 Å². The fourth-order valence-electron chi connectivity index (χ4n) is 8.92. The van der Waals surface area contributed by atoms with Gasteiger partial charge in [0.05, 0.1) is 0 Å². The third kappa shape index (κ3) is 4.67. The van der Waals surface area contributed by atoms with E-state index >= 15 is 0 Å². The molecule has 1 heterocycles. The Morgan fingerprint density at radius 3 is 1.10 bits per heavy atom. The number of aryl methyl sites for hydroxylation is 6. The monoisotopic (exact) mass is 650 g/mol. The number of hydrogen-bond donors (Lipinski definition) is 0. The molecule has 1 nitrogen and oxygen atoms in total. The van der Waals surface area contributed by atoms with Crippen LogP contribution >= 0.6 is 0 Å². The molecule has 7 aromatic carbocycles. The van der Waals surface area contributed by atoms with Gasteiger partial charge in [-0.2, -0.15) is 0 Å². The molecule has 0 saturated heterocycles. The summed E-state index contributed by atoms with van der Waals surface area (Å²) in [7, 11) is 0. The van der Waals surface area contributed by atoms with E-state index < -0.39 is 0 Å². The van der Waals surface area contributed by atoms with Crippen LogP contribution < -0.4 is 4.74 Å². The van der Waals surface area contributed by atoms with Crippen molar-refractivity contribution in [3.05, 3.63) is 163 Å². The third-order valence-corrected chi connectivity index (χ3v) is 12.3. The predicted molar refractivity (Wildman–Crippen MR) is 214 cm³/mol. The van der Waals surface area contributed by atoms with Gasteiger partial charge in [0.1, 0.15) is 11.5 Å². The van der Waals surface area contributed by atoms with Crippen molar-refractivity contribution in [1.82, 2.24) is 0 Å². The highest BCUT2D eigenvalue weighted by atomic mass is 16.5. The maximum absolute atomic E-state index is 7.08. The molecule has 0 radical (unpaired) electrons. The van der Waals surface area contributed by atoms with Gasteiger partial charge in [0.25, 0.3) is 0 Å². The maximum atomic E-state index is 7.08. The second-order valence-corrected chi connectivity index (χ2v) is 14.8. The van der Waals surface area contributed by atoms with Crippen LogP contribution in [-0.4, -0.2) is 0 Å². The van der Waals surface area contributed by atoms with Crippen molar-refractivity contribution in [3.8, 4) is 33.8 Å². The van der Waals surface area contributed by atoms with Gasteiger partial charge in [-0.15, -0.1) is 0 Å². The fourth-order valence-corrected chi connectivity index (χ4v) is 8.92. The Hall–Kier alpha value is -5.14. The van der Waals surface area contributed by atoms with E-state index in [1.807, 2.05) is 0 Å². The largest absolute Gasteiger partial charge is 0.457 e. The molecular weight excluding hydrogens is 605 g/mol. The topological polar surface area (TPSA) is 9.23 Å². The lowest BCUT2D eigenvalue weighted by molar-refractivity contribution is 0.455. The van der Waals surface area contributed by atoms with Crippen LogP contribution in [0.4, 0.5) is 0 Å². The summed E-state index contributed by atoms with van der Waals surface area (Å²) in [4.78, 5) is 0. The predicted octanol–water partition coefficient (Wildman–Crippen LogP) is 13.7. The first-order chi connectivity index (χ1) is 24.0. The highest BCUT2D eigenvalue weighted by Crippen LogP contribution is 2.55. The van der Waals surface area contributed by atoms with Crippen molar-refractivity contribution in [2.75, 3.05) is 0 Å². The molecule has 7 aromatic rings. The zero-order valence-electron chi connectivity index (χ0n) is 31.1. The van der Waals surface area contributed by atoms with E-state index in [9.17, 15) is 0 Å². The Morgan fingerprint density at radius 1 is 0.360 bits per heavy atom. The number of hydrogen-bond acceptors (Lipinski definition) is 1. The van der Waals surface area contributed by atoms with Gasteiger partial charge in [-0.05, 0) is 186 Å². The van der Waals surface area contributed by atoms with E-state index in [-0.39, 0.29) is 5.92 Å². The molecule has 0 unspecified atom stereocenters. The summed E-state index contributed by atoms with van der Waals surface area (Å²) in [5.74, 6) is 1.97. The lowest BCUT2D eigenvalue weighted by Gasteiger charge is -2.34. The van der Waals surface area contributed by atoms with Gasteiger partial charge in [0.15, 0.2) is 0 Å². The molecule has 0 atom stereocenters. The second kappa shape index (κ2) is 11.7. The molecule has 50 heavy (non-hydrogen) atoms. The lowest BCUT2D eigenvalue weighted by Crippen LogP contribution is -2.16. The zero-order chi connectivity index (χ0) is 35.2. The lowest BCUT2D eigenvalue weighted by atomic mass is 9.74. The van der Waals surface area contributed by atoms with Crippen LogP contribution in [0.1, 0.15) is 78.2 Å². The molecule has 0 bridgehead atoms. The molecule has 0 aromatic heterocycles. The summed E-state index contributed by atoms with van der Waals surface area (Å²) in [6.45, 7) is 22.9. The van der Waals surface area contributed by atoms with Crippen molar-refractivity contribution in [3.63, 3.8) is 0 Å². The average Bonchev–Trinajstić information content (AvgIpc) is 3.13. The highest BCUT2D eigenvalue weighted by Gasteiger charge is 2.35. The van der Waals surface area contributed by atoms with E-state index in [0.29, 0.717) is 0 Å². The van der Waals surface area contributed by atoms with Crippen LogP contribution in [0, 0.1) is 69.2 Å². The fraction of sp³-hybridized carbons (Fsp3) is 0.224. The Bertz CT molecular complexity index is 2400. The molecule has 0 amide bonds.